The fourth-order valence-electron chi connectivity index (χ4n) is 1.50. The van der Waals surface area contributed by atoms with Gasteiger partial charge in [-0.05, 0) is 24.1 Å². The molecule has 0 saturated carbocycles. The van der Waals surface area contributed by atoms with E-state index in [-0.39, 0.29) is 5.56 Å². The molecule has 0 spiro atoms. The number of ether oxygens (including phenoxy) is 1. The average Bonchev–Trinajstić information content (AvgIpc) is 2.34. The number of nitrogens with two attached hydrogens (primary N) is 1. The number of rotatable bonds is 6. The molecule has 1 aromatic carbocycles. The molecule has 0 unspecified atom stereocenters. The molecule has 2 nitrogen and oxygen atoms in total. The van der Waals surface area contributed by atoms with E-state index in [1.54, 1.807) is 0 Å². The number of hydrogen-bond acceptors (Lipinski definition) is 2. The highest BCUT2D eigenvalue weighted by Crippen LogP contribution is 2.31. The van der Waals surface area contributed by atoms with Gasteiger partial charge in [-0.3, -0.25) is 0 Å². The summed E-state index contributed by atoms with van der Waals surface area (Å²) in [6.45, 7) is 0. The Balaban J connectivity index is 2.76. The molecule has 2 N–H and O–H groups in total. The number of alkyl halides is 7. The second-order valence-electron chi connectivity index (χ2n) is 4.30. The molecule has 0 radical (unpaired) electrons. The van der Waals surface area contributed by atoms with E-state index >= 15 is 0 Å². The maximum Gasteiger partial charge on any atom is 0.461 e. The fourth-order valence-corrected chi connectivity index (χ4v) is 1.50. The predicted octanol–water partition coefficient (Wildman–Crippen LogP) is 4.27. The molecule has 9 heteroatoms. The van der Waals surface area contributed by atoms with Crippen molar-refractivity contribution in [1.82, 2.24) is 0 Å². The van der Waals surface area contributed by atoms with Gasteiger partial charge in [0.15, 0.2) is 0 Å². The highest BCUT2D eigenvalue weighted by molar-refractivity contribution is 5.30. The Labute approximate surface area is 115 Å². The summed E-state index contributed by atoms with van der Waals surface area (Å²) < 4.78 is 89.4. The van der Waals surface area contributed by atoms with Gasteiger partial charge in [0.05, 0.1) is 0 Å². The molecule has 0 fully saturated rings. The van der Waals surface area contributed by atoms with E-state index in [9.17, 15) is 30.7 Å². The molecular weight excluding hydrogens is 307 g/mol. The molecular formula is C12H12F7NO. The maximum atomic E-state index is 12.7. The van der Waals surface area contributed by atoms with E-state index < -0.39 is 43.3 Å². The van der Waals surface area contributed by atoms with Gasteiger partial charge in [-0.25, -0.2) is 0 Å². The van der Waals surface area contributed by atoms with Crippen LogP contribution in [0, 0.1) is 0 Å². The van der Waals surface area contributed by atoms with E-state index in [4.69, 9.17) is 5.73 Å². The van der Waals surface area contributed by atoms with Crippen LogP contribution in [0.15, 0.2) is 24.3 Å². The van der Waals surface area contributed by atoms with Crippen molar-refractivity contribution in [3.05, 3.63) is 29.8 Å². The first-order valence-electron chi connectivity index (χ1n) is 5.78. The molecule has 0 aliphatic rings. The molecule has 0 bridgehead atoms. The summed E-state index contributed by atoms with van der Waals surface area (Å²) in [5, 5.41) is 0. The van der Waals surface area contributed by atoms with Crippen LogP contribution >= 0.6 is 0 Å². The van der Waals surface area contributed by atoms with Gasteiger partial charge < -0.3 is 10.5 Å². The van der Waals surface area contributed by atoms with Crippen molar-refractivity contribution in [1.29, 1.82) is 0 Å². The quantitative estimate of drug-likeness (QED) is 0.795. The second-order valence-corrected chi connectivity index (χ2v) is 4.30. The Kier molecular flexibility index (Phi) is 5.43. The fraction of sp³-hybridized carbons (Fsp3) is 0.500. The molecule has 1 rings (SSSR count). The molecule has 0 amide bonds. The average molecular weight is 319 g/mol. The van der Waals surface area contributed by atoms with E-state index in [0.717, 1.165) is 12.1 Å². The number of hydrogen-bond donors (Lipinski definition) is 1. The van der Waals surface area contributed by atoms with Gasteiger partial charge >= 0.3 is 18.7 Å². The first kappa shape index (κ1) is 17.5. The van der Waals surface area contributed by atoms with E-state index in [0.29, 0.717) is 0 Å². The van der Waals surface area contributed by atoms with Crippen LogP contribution in [0.4, 0.5) is 30.7 Å². The summed E-state index contributed by atoms with van der Waals surface area (Å²) >= 11 is 0. The molecule has 1 atom stereocenters. The summed E-state index contributed by atoms with van der Waals surface area (Å²) in [7, 11) is 0. The molecule has 0 heterocycles. The van der Waals surface area contributed by atoms with Crippen LogP contribution in [0.25, 0.3) is 0 Å². The van der Waals surface area contributed by atoms with E-state index in [1.807, 2.05) is 0 Å². The van der Waals surface area contributed by atoms with Crippen LogP contribution in [-0.4, -0.2) is 18.7 Å². The molecule has 21 heavy (non-hydrogen) atoms. The molecule has 0 aromatic heterocycles. The Hall–Kier alpha value is -1.51. The number of benzene rings is 1. The van der Waals surface area contributed by atoms with Crippen molar-refractivity contribution < 1.29 is 35.5 Å². The zero-order chi connectivity index (χ0) is 16.3. The third-order valence-corrected chi connectivity index (χ3v) is 2.53. The summed E-state index contributed by atoms with van der Waals surface area (Å²) in [6.07, 6.45) is -14.7. The Morgan fingerprint density at radius 1 is 1.10 bits per heavy atom. The summed E-state index contributed by atoms with van der Waals surface area (Å²) in [5.41, 5.74) is 5.59. The summed E-state index contributed by atoms with van der Waals surface area (Å²) in [5.74, 6) is -0.597. The summed E-state index contributed by atoms with van der Waals surface area (Å²) in [6, 6.07) is 3.30. The largest absolute Gasteiger partial charge is 0.461 e. The smallest absolute Gasteiger partial charge is 0.428 e. The standard InChI is InChI=1S/C12H12F7NO/c13-10(14)12(18,19)21-8-3-1-2-7(6-8)9(20)4-5-11(15,16)17/h1-3,6,9-10H,4-5,20H2/t9-/m1/s1. The Morgan fingerprint density at radius 3 is 2.24 bits per heavy atom. The van der Waals surface area contributed by atoms with Gasteiger partial charge in [-0.2, -0.15) is 30.7 Å². The van der Waals surface area contributed by atoms with Gasteiger partial charge in [0, 0.05) is 12.5 Å². The van der Waals surface area contributed by atoms with E-state index in [1.165, 1.54) is 12.1 Å². The minimum absolute atomic E-state index is 0.0850. The van der Waals surface area contributed by atoms with Crippen molar-refractivity contribution in [2.75, 3.05) is 0 Å². The highest BCUT2D eigenvalue weighted by Gasteiger charge is 2.44. The minimum Gasteiger partial charge on any atom is -0.428 e. The van der Waals surface area contributed by atoms with Crippen LogP contribution in [0.5, 0.6) is 5.75 Å². The topological polar surface area (TPSA) is 35.2 Å². The zero-order valence-electron chi connectivity index (χ0n) is 10.5. The Bertz CT molecular complexity index is 461. The zero-order valence-corrected chi connectivity index (χ0v) is 10.5. The third kappa shape index (κ3) is 5.78. The van der Waals surface area contributed by atoms with Crippen molar-refractivity contribution in [2.45, 2.75) is 37.6 Å². The van der Waals surface area contributed by atoms with Crippen molar-refractivity contribution in [2.24, 2.45) is 5.73 Å². The third-order valence-electron chi connectivity index (χ3n) is 2.53. The first-order chi connectivity index (χ1) is 9.51. The molecule has 1 aromatic rings. The molecule has 120 valence electrons. The normalized spacial score (nSPS) is 14.3. The predicted molar refractivity (Wildman–Crippen MR) is 60.2 cm³/mol. The molecule has 0 aliphatic heterocycles. The SMILES string of the molecule is N[C@H](CCC(F)(F)F)c1cccc(OC(F)(F)C(F)F)c1. The lowest BCUT2D eigenvalue weighted by Crippen LogP contribution is -2.33. The van der Waals surface area contributed by atoms with Crippen molar-refractivity contribution >= 4 is 0 Å². The highest BCUT2D eigenvalue weighted by atomic mass is 19.4. The van der Waals surface area contributed by atoms with Crippen LogP contribution in [-0.2, 0) is 0 Å². The van der Waals surface area contributed by atoms with Crippen LogP contribution in [0.1, 0.15) is 24.4 Å². The lowest BCUT2D eigenvalue weighted by atomic mass is 10.0. The van der Waals surface area contributed by atoms with Crippen LogP contribution < -0.4 is 10.5 Å². The lowest BCUT2D eigenvalue weighted by Gasteiger charge is -2.18. The van der Waals surface area contributed by atoms with Gasteiger partial charge in [0.1, 0.15) is 5.75 Å². The maximum absolute atomic E-state index is 12.7. The van der Waals surface area contributed by atoms with E-state index in [2.05, 4.69) is 4.74 Å². The monoisotopic (exact) mass is 319 g/mol. The van der Waals surface area contributed by atoms with Gasteiger partial charge in [-0.1, -0.05) is 12.1 Å². The van der Waals surface area contributed by atoms with Crippen LogP contribution in [0.3, 0.4) is 0 Å². The van der Waals surface area contributed by atoms with Crippen molar-refractivity contribution in [3.63, 3.8) is 0 Å². The lowest BCUT2D eigenvalue weighted by molar-refractivity contribution is -0.253. The van der Waals surface area contributed by atoms with Crippen LogP contribution in [0.2, 0.25) is 0 Å². The number of halogens is 7. The molecule has 0 aliphatic carbocycles. The molecule has 0 saturated heterocycles. The Morgan fingerprint density at radius 2 is 1.71 bits per heavy atom. The van der Waals surface area contributed by atoms with Gasteiger partial charge in [0.25, 0.3) is 0 Å². The first-order valence-corrected chi connectivity index (χ1v) is 5.78. The van der Waals surface area contributed by atoms with Gasteiger partial charge in [0.2, 0.25) is 0 Å². The van der Waals surface area contributed by atoms with Gasteiger partial charge in [-0.15, -0.1) is 0 Å². The summed E-state index contributed by atoms with van der Waals surface area (Å²) in [4.78, 5) is 0. The van der Waals surface area contributed by atoms with Crippen molar-refractivity contribution in [3.8, 4) is 5.75 Å². The minimum atomic E-state index is -4.69. The second kappa shape index (κ2) is 6.50.